The Morgan fingerprint density at radius 3 is 2.22 bits per heavy atom. The summed E-state index contributed by atoms with van der Waals surface area (Å²) in [5.74, 6) is -0.505. The second-order valence-corrected chi connectivity index (χ2v) is 1.57. The molecule has 1 unspecified atom stereocenters. The summed E-state index contributed by atoms with van der Waals surface area (Å²) < 4.78 is 4.08. The number of carbonyl (C=O) groups is 2. The first-order chi connectivity index (χ1) is 3.70. The van der Waals surface area contributed by atoms with E-state index in [-0.39, 0.29) is 51.4 Å². The summed E-state index contributed by atoms with van der Waals surface area (Å²) in [4.78, 5) is 20.4. The molecule has 1 rings (SSSR count). The molecule has 9 heavy (non-hydrogen) atoms. The summed E-state index contributed by atoms with van der Waals surface area (Å²) in [6.45, 7) is 1.56. The summed E-state index contributed by atoms with van der Waals surface area (Å²) in [7, 11) is 0. The molecule has 5 heteroatoms. The molecule has 1 atom stereocenters. The van der Waals surface area contributed by atoms with Crippen molar-refractivity contribution in [3.8, 4) is 0 Å². The van der Waals surface area contributed by atoms with Crippen molar-refractivity contribution in [3.05, 3.63) is 0 Å². The Morgan fingerprint density at radius 1 is 1.56 bits per heavy atom. The predicted octanol–water partition coefficient (Wildman–Crippen LogP) is -1.01. The Labute approximate surface area is 94.7 Å². The van der Waals surface area contributed by atoms with Crippen molar-refractivity contribution in [3.63, 3.8) is 0 Å². The van der Waals surface area contributed by atoms with Crippen molar-refractivity contribution in [2.24, 2.45) is 0 Å². The number of rotatable bonds is 0. The predicted molar refractivity (Wildman–Crippen MR) is 31.2 cm³/mol. The van der Waals surface area contributed by atoms with Crippen LogP contribution < -0.4 is 5.32 Å². The summed E-state index contributed by atoms with van der Waals surface area (Å²) in [6, 6.07) is -0.470. The van der Waals surface area contributed by atoms with Gasteiger partial charge in [-0.2, -0.15) is 0 Å². The molecule has 1 aliphatic heterocycles. The monoisotopic (exact) mass is 155 g/mol. The summed E-state index contributed by atoms with van der Waals surface area (Å²) in [5.41, 5.74) is 0. The fraction of sp³-hybridized carbons (Fsp3) is 0.500. The topological polar surface area (TPSA) is 55.4 Å². The molecule has 0 spiro atoms. The van der Waals surface area contributed by atoms with Crippen LogP contribution in [0.3, 0.4) is 0 Å². The summed E-state index contributed by atoms with van der Waals surface area (Å²) in [5, 5.41) is 2.26. The molecule has 1 saturated heterocycles. The molecule has 0 saturated carbocycles. The third-order valence-corrected chi connectivity index (χ3v) is 0.881. The zero-order chi connectivity index (χ0) is 6.15. The van der Waals surface area contributed by atoms with Crippen LogP contribution >= 0.6 is 0 Å². The molecule has 0 aromatic rings. The van der Waals surface area contributed by atoms with E-state index in [0.29, 0.717) is 0 Å². The Morgan fingerprint density at radius 2 is 2.11 bits per heavy atom. The number of hydrogen-bond donors (Lipinski definition) is 1. The maximum absolute atomic E-state index is 10.3. The number of nitrogens with one attached hydrogen (secondary N) is 1. The van der Waals surface area contributed by atoms with Gasteiger partial charge in [-0.1, -0.05) is 0 Å². The van der Waals surface area contributed by atoms with Crippen molar-refractivity contribution < 1.29 is 14.3 Å². The van der Waals surface area contributed by atoms with Crippen LogP contribution in [0.15, 0.2) is 0 Å². The van der Waals surface area contributed by atoms with E-state index < -0.39 is 18.1 Å². The number of cyclic esters (lactones) is 2. The number of amides is 1. The minimum absolute atomic E-state index is 0. The average Bonchev–Trinajstić information content (AvgIpc) is 1.85. The van der Waals surface area contributed by atoms with Gasteiger partial charge in [0.05, 0.1) is 0 Å². The van der Waals surface area contributed by atoms with E-state index in [4.69, 9.17) is 0 Å². The SMILES string of the molecule is CC1NC(=O)OC1=O.[KH]. The van der Waals surface area contributed by atoms with Crippen LogP contribution in [0.25, 0.3) is 0 Å². The van der Waals surface area contributed by atoms with Gasteiger partial charge in [-0.15, -0.1) is 0 Å². The molecule has 1 heterocycles. The van der Waals surface area contributed by atoms with Gasteiger partial charge in [-0.25, -0.2) is 9.59 Å². The van der Waals surface area contributed by atoms with E-state index in [1.54, 1.807) is 6.92 Å². The van der Waals surface area contributed by atoms with Crippen molar-refractivity contribution in [2.75, 3.05) is 0 Å². The molecule has 46 valence electrons. The van der Waals surface area contributed by atoms with Gasteiger partial charge < -0.3 is 10.1 Å². The van der Waals surface area contributed by atoms with Crippen molar-refractivity contribution >= 4 is 63.4 Å². The zero-order valence-corrected chi connectivity index (χ0v) is 4.30. The molecule has 0 bridgehead atoms. The van der Waals surface area contributed by atoms with Crippen LogP contribution in [0.2, 0.25) is 0 Å². The third kappa shape index (κ3) is 2.35. The zero-order valence-electron chi connectivity index (χ0n) is 4.30. The number of carbonyl (C=O) groups excluding carboxylic acids is 2. The number of ether oxygens (including phenoxy) is 1. The Hall–Kier alpha value is 0.576. The van der Waals surface area contributed by atoms with Gasteiger partial charge in [-0.3, -0.25) is 0 Å². The number of alkyl carbamates (subject to hydrolysis) is 1. The van der Waals surface area contributed by atoms with E-state index in [1.165, 1.54) is 0 Å². The van der Waals surface area contributed by atoms with Crippen molar-refractivity contribution in [1.29, 1.82) is 0 Å². The summed E-state index contributed by atoms with van der Waals surface area (Å²) >= 11 is 0. The van der Waals surface area contributed by atoms with Crippen LogP contribution in [0.1, 0.15) is 6.92 Å². The van der Waals surface area contributed by atoms with Gasteiger partial charge in [0, 0.05) is 0 Å². The molecule has 0 radical (unpaired) electrons. The van der Waals surface area contributed by atoms with Crippen LogP contribution in [0.4, 0.5) is 4.79 Å². The van der Waals surface area contributed by atoms with Crippen molar-refractivity contribution in [2.45, 2.75) is 13.0 Å². The quantitative estimate of drug-likeness (QED) is 0.277. The molecule has 0 aromatic heterocycles. The standard InChI is InChI=1S/C4H5NO3.K.H/c1-2-3(6)8-4(7)5-2;;/h2H,1H3,(H,5,7);;. The van der Waals surface area contributed by atoms with Gasteiger partial charge in [0.15, 0.2) is 0 Å². The van der Waals surface area contributed by atoms with Crippen LogP contribution in [-0.4, -0.2) is 69.5 Å². The van der Waals surface area contributed by atoms with Crippen LogP contribution in [-0.2, 0) is 9.53 Å². The molecule has 1 aliphatic rings. The Kier molecular flexibility index (Phi) is 3.91. The fourth-order valence-corrected chi connectivity index (χ4v) is 0.445. The summed E-state index contributed by atoms with van der Waals surface area (Å²) in [6.07, 6.45) is -0.650. The van der Waals surface area contributed by atoms with E-state index >= 15 is 0 Å². The first-order valence-electron chi connectivity index (χ1n) is 2.22. The van der Waals surface area contributed by atoms with Crippen LogP contribution in [0.5, 0.6) is 0 Å². The van der Waals surface area contributed by atoms with Crippen LogP contribution in [0, 0.1) is 0 Å². The van der Waals surface area contributed by atoms with Gasteiger partial charge >= 0.3 is 63.4 Å². The van der Waals surface area contributed by atoms with Gasteiger partial charge in [0.25, 0.3) is 0 Å². The van der Waals surface area contributed by atoms with Gasteiger partial charge in [0.1, 0.15) is 6.04 Å². The average molecular weight is 155 g/mol. The fourth-order valence-electron chi connectivity index (χ4n) is 0.445. The molecule has 0 aromatic carbocycles. The van der Waals surface area contributed by atoms with Crippen molar-refractivity contribution in [1.82, 2.24) is 5.32 Å². The van der Waals surface area contributed by atoms with E-state index in [1.807, 2.05) is 0 Å². The van der Waals surface area contributed by atoms with E-state index in [2.05, 4.69) is 10.1 Å². The normalized spacial score (nSPS) is 24.3. The van der Waals surface area contributed by atoms with E-state index in [9.17, 15) is 9.59 Å². The molecular formula is C4H6KNO3. The maximum atomic E-state index is 10.3. The first-order valence-corrected chi connectivity index (χ1v) is 2.22. The molecule has 0 aliphatic carbocycles. The number of esters is 1. The second-order valence-electron chi connectivity index (χ2n) is 1.57. The number of hydrogen-bond acceptors (Lipinski definition) is 3. The molecule has 1 N–H and O–H groups in total. The van der Waals surface area contributed by atoms with Gasteiger partial charge in [0.2, 0.25) is 0 Å². The molecule has 4 nitrogen and oxygen atoms in total. The first kappa shape index (κ1) is 9.58. The molecular weight excluding hydrogens is 149 g/mol. The molecule has 1 amide bonds. The molecule has 1 fully saturated rings. The third-order valence-electron chi connectivity index (χ3n) is 0.881. The second kappa shape index (κ2) is 3.67. The Balaban J connectivity index is 0.000000640. The van der Waals surface area contributed by atoms with E-state index in [0.717, 1.165) is 0 Å². The minimum atomic E-state index is -0.650. The Bertz CT molecular complexity index is 147. The van der Waals surface area contributed by atoms with Gasteiger partial charge in [-0.05, 0) is 6.92 Å².